The number of hydrogen-bond acceptors (Lipinski definition) is 11. The number of nitrogens with zero attached hydrogens (tertiary/aromatic N) is 4. The average molecular weight is 771 g/mol. The Morgan fingerprint density at radius 2 is 1.02 bits per heavy atom. The van der Waals surface area contributed by atoms with Crippen LogP contribution in [0.5, 0.6) is 5.75 Å². The molecule has 0 heterocycles. The van der Waals surface area contributed by atoms with Crippen molar-refractivity contribution in [1.82, 2.24) is 0 Å². The highest BCUT2D eigenvalue weighted by atomic mass is 32.2. The molecule has 13 nitrogen and oxygen atoms in total. The number of rotatable bonds is 10. The molecule has 270 valence electrons. The van der Waals surface area contributed by atoms with Crippen molar-refractivity contribution in [2.24, 2.45) is 20.5 Å². The molecule has 16 heteroatoms. The van der Waals surface area contributed by atoms with Gasteiger partial charge in [0.1, 0.15) is 21.2 Å². The fourth-order valence-corrected chi connectivity index (χ4v) is 7.47. The van der Waals surface area contributed by atoms with Gasteiger partial charge in [0.05, 0.1) is 22.0 Å². The van der Waals surface area contributed by atoms with E-state index >= 15 is 0 Å². The Bertz CT molecular complexity index is 2790. The van der Waals surface area contributed by atoms with Crippen molar-refractivity contribution in [2.45, 2.75) is 35.5 Å². The van der Waals surface area contributed by atoms with E-state index in [0.29, 0.717) is 22.4 Å². The second kappa shape index (κ2) is 14.4. The van der Waals surface area contributed by atoms with Crippen LogP contribution in [0.1, 0.15) is 16.7 Å². The summed E-state index contributed by atoms with van der Waals surface area (Å²) in [5.41, 5.74) is 5.84. The van der Waals surface area contributed by atoms with Gasteiger partial charge in [0.2, 0.25) is 0 Å². The van der Waals surface area contributed by atoms with Crippen LogP contribution in [0.15, 0.2) is 150 Å². The molecule has 0 saturated carbocycles. The number of hydrogen-bond donors (Lipinski definition) is 2. The molecule has 0 bridgehead atoms. The molecule has 0 unspecified atom stereocenters. The fraction of sp³-hybridized carbons (Fsp3) is 0.0811. The van der Waals surface area contributed by atoms with E-state index in [9.17, 15) is 34.4 Å². The van der Waals surface area contributed by atoms with Gasteiger partial charge in [-0.3, -0.25) is 9.11 Å². The van der Waals surface area contributed by atoms with Crippen molar-refractivity contribution in [3.05, 3.63) is 132 Å². The molecule has 0 aromatic heterocycles. The van der Waals surface area contributed by atoms with E-state index < -0.39 is 40.1 Å². The Hall–Kier alpha value is -5.65. The lowest BCUT2D eigenvalue weighted by molar-refractivity contribution is 0.481. The van der Waals surface area contributed by atoms with Crippen molar-refractivity contribution < 1.29 is 38.5 Å². The van der Waals surface area contributed by atoms with Crippen molar-refractivity contribution in [2.75, 3.05) is 0 Å². The zero-order valence-corrected chi connectivity index (χ0v) is 30.7. The van der Waals surface area contributed by atoms with Crippen LogP contribution in [0.3, 0.4) is 0 Å². The lowest BCUT2D eigenvalue weighted by Crippen LogP contribution is -2.09. The molecule has 0 spiro atoms. The van der Waals surface area contributed by atoms with Crippen LogP contribution in [-0.2, 0) is 30.4 Å². The van der Waals surface area contributed by atoms with E-state index in [1.54, 1.807) is 42.5 Å². The summed E-state index contributed by atoms with van der Waals surface area (Å²) in [6, 6.07) is 29.4. The van der Waals surface area contributed by atoms with Crippen LogP contribution in [-0.4, -0.2) is 34.4 Å². The van der Waals surface area contributed by atoms with E-state index in [4.69, 9.17) is 4.18 Å². The van der Waals surface area contributed by atoms with Gasteiger partial charge in [0.25, 0.3) is 20.2 Å². The van der Waals surface area contributed by atoms with Gasteiger partial charge in [-0.25, -0.2) is 0 Å². The summed E-state index contributed by atoms with van der Waals surface area (Å²) in [5.74, 6) is 0.142. The van der Waals surface area contributed by atoms with Gasteiger partial charge in [-0.1, -0.05) is 35.9 Å². The Kier molecular flexibility index (Phi) is 10.1. The monoisotopic (exact) mass is 770 g/mol. The van der Waals surface area contributed by atoms with E-state index in [-0.39, 0.29) is 21.7 Å². The van der Waals surface area contributed by atoms with Crippen LogP contribution >= 0.6 is 0 Å². The lowest BCUT2D eigenvalue weighted by Gasteiger charge is -2.11. The average Bonchev–Trinajstić information content (AvgIpc) is 3.09. The van der Waals surface area contributed by atoms with Gasteiger partial charge >= 0.3 is 10.1 Å². The topological polar surface area (TPSA) is 202 Å². The largest absolute Gasteiger partial charge is 0.379 e. The van der Waals surface area contributed by atoms with Crippen molar-refractivity contribution in [1.29, 1.82) is 0 Å². The molecule has 2 N–H and O–H groups in total. The molecule has 6 aromatic carbocycles. The third-order valence-corrected chi connectivity index (χ3v) is 11.1. The summed E-state index contributed by atoms with van der Waals surface area (Å²) in [6.07, 6.45) is 0. The molecule has 0 aliphatic rings. The smallest absolute Gasteiger partial charge is 0.339 e. The quantitative estimate of drug-likeness (QED) is 0.0773. The minimum absolute atomic E-state index is 0.0562. The zero-order valence-electron chi connectivity index (χ0n) is 28.2. The molecular weight excluding hydrogens is 741 g/mol. The minimum Gasteiger partial charge on any atom is -0.379 e. The third-order valence-electron chi connectivity index (χ3n) is 8.08. The van der Waals surface area contributed by atoms with Gasteiger partial charge < -0.3 is 4.18 Å². The normalized spacial score (nSPS) is 12.5. The molecule has 0 fully saturated rings. The van der Waals surface area contributed by atoms with Crippen LogP contribution in [0.4, 0.5) is 22.7 Å². The first kappa shape index (κ1) is 37.1. The predicted octanol–water partition coefficient (Wildman–Crippen LogP) is 9.52. The minimum atomic E-state index is -4.78. The van der Waals surface area contributed by atoms with Crippen LogP contribution in [0.25, 0.3) is 21.9 Å². The maximum atomic E-state index is 12.6. The molecule has 6 rings (SSSR count). The van der Waals surface area contributed by atoms with Gasteiger partial charge in [-0.15, -0.1) is 5.11 Å². The third kappa shape index (κ3) is 8.70. The predicted molar refractivity (Wildman–Crippen MR) is 199 cm³/mol. The number of benzene rings is 6. The fourth-order valence-electron chi connectivity index (χ4n) is 5.39. The van der Waals surface area contributed by atoms with E-state index in [1.807, 2.05) is 39.0 Å². The van der Waals surface area contributed by atoms with Crippen molar-refractivity contribution in [3.63, 3.8) is 0 Å². The highest BCUT2D eigenvalue weighted by molar-refractivity contribution is 7.87. The first-order valence-corrected chi connectivity index (χ1v) is 19.9. The summed E-state index contributed by atoms with van der Waals surface area (Å²) in [4.78, 5) is -0.964. The second-order valence-electron chi connectivity index (χ2n) is 12.0. The standard InChI is InChI=1S/C37H30N4O9S3/c1-23-4-13-32(14-5-23)53(48,49)50-31-11-7-28(8-12-31)38-39-29-9-16-34(24(2)18-29)35-17-10-30(19-25(35)3)40-41-36-21-26-6-15-33(51(42,43)44)20-27(26)22-37(36)52(45,46)47/h4-22H,1-3H3,(H,42,43,44)(H,45,46,47). The Balaban J connectivity index is 1.17. The van der Waals surface area contributed by atoms with Gasteiger partial charge in [-0.05, 0) is 139 Å². The SMILES string of the molecule is Cc1ccc(S(=O)(=O)Oc2ccc(N=Nc3ccc(-c4ccc(N=Nc5cc6ccc(S(=O)(=O)O)cc6cc5S(=O)(=O)O)cc4C)c(C)c3)cc2)cc1. The molecule has 0 saturated heterocycles. The summed E-state index contributed by atoms with van der Waals surface area (Å²) in [7, 11) is -13.3. The Labute approximate surface area is 306 Å². The number of aryl methyl sites for hydroxylation is 3. The van der Waals surface area contributed by atoms with Gasteiger partial charge in [0, 0.05) is 0 Å². The highest BCUT2D eigenvalue weighted by Crippen LogP contribution is 2.35. The molecule has 0 radical (unpaired) electrons. The first-order valence-electron chi connectivity index (χ1n) is 15.7. The van der Waals surface area contributed by atoms with Crippen molar-refractivity contribution in [3.8, 4) is 16.9 Å². The lowest BCUT2D eigenvalue weighted by atomic mass is 9.96. The Morgan fingerprint density at radius 1 is 0.491 bits per heavy atom. The van der Waals surface area contributed by atoms with E-state index in [1.165, 1.54) is 36.4 Å². The van der Waals surface area contributed by atoms with Crippen LogP contribution in [0.2, 0.25) is 0 Å². The summed E-state index contributed by atoms with van der Waals surface area (Å²) in [5, 5.41) is 17.4. The summed E-state index contributed by atoms with van der Waals surface area (Å²) < 4.78 is 97.0. The maximum absolute atomic E-state index is 12.6. The summed E-state index contributed by atoms with van der Waals surface area (Å²) in [6.45, 7) is 5.67. The van der Waals surface area contributed by atoms with E-state index in [2.05, 4.69) is 20.5 Å². The zero-order chi connectivity index (χ0) is 38.1. The van der Waals surface area contributed by atoms with Gasteiger partial charge in [0.15, 0.2) is 0 Å². The van der Waals surface area contributed by atoms with E-state index in [0.717, 1.165) is 46.0 Å². The van der Waals surface area contributed by atoms with Crippen molar-refractivity contribution >= 4 is 63.9 Å². The van der Waals surface area contributed by atoms with Gasteiger partial charge in [-0.2, -0.15) is 40.6 Å². The molecule has 0 aliphatic heterocycles. The molecular formula is C37H30N4O9S3. The van der Waals surface area contributed by atoms with Crippen LogP contribution in [0, 0.1) is 20.8 Å². The first-order chi connectivity index (χ1) is 25.0. The maximum Gasteiger partial charge on any atom is 0.339 e. The highest BCUT2D eigenvalue weighted by Gasteiger charge is 2.19. The Morgan fingerprint density at radius 3 is 1.57 bits per heavy atom. The molecule has 0 amide bonds. The number of azo groups is 2. The molecule has 6 aromatic rings. The number of fused-ring (bicyclic) bond motifs is 1. The van der Waals surface area contributed by atoms with Crippen LogP contribution < -0.4 is 4.18 Å². The molecule has 0 atom stereocenters. The second-order valence-corrected chi connectivity index (χ2v) is 16.4. The molecule has 0 aliphatic carbocycles. The molecule has 53 heavy (non-hydrogen) atoms. The summed E-state index contributed by atoms with van der Waals surface area (Å²) >= 11 is 0.